The minimum absolute atomic E-state index is 0.175. The minimum Gasteiger partial charge on any atom is -0.392 e. The lowest BCUT2D eigenvalue weighted by Crippen LogP contribution is -2.31. The van der Waals surface area contributed by atoms with E-state index in [1.54, 1.807) is 20.0 Å². The molecular formula is C10H14N2O3. The maximum atomic E-state index is 11.4. The average Bonchev–Trinajstić information content (AvgIpc) is 2.18. The summed E-state index contributed by atoms with van der Waals surface area (Å²) in [5, 5.41) is 11.5. The number of hydrogen-bond acceptors (Lipinski definition) is 3. The predicted octanol–water partition coefficient (Wildman–Crippen LogP) is -0.504. The second kappa shape index (κ2) is 4.75. The maximum Gasteiger partial charge on any atom is 0.251 e. The normalized spacial score (nSPS) is 12.2. The van der Waals surface area contributed by atoms with Gasteiger partial charge in [-0.2, -0.15) is 0 Å². The van der Waals surface area contributed by atoms with E-state index in [9.17, 15) is 9.59 Å². The molecule has 0 aromatic carbocycles. The number of pyridine rings is 1. The zero-order chi connectivity index (χ0) is 11.4. The highest BCUT2D eigenvalue weighted by atomic mass is 16.3. The Balaban J connectivity index is 2.75. The van der Waals surface area contributed by atoms with Gasteiger partial charge >= 0.3 is 0 Å². The van der Waals surface area contributed by atoms with Gasteiger partial charge in [-0.25, -0.2) is 0 Å². The number of aromatic nitrogens is 1. The van der Waals surface area contributed by atoms with Crippen LogP contribution in [0.4, 0.5) is 0 Å². The molecule has 1 amide bonds. The molecule has 5 nitrogen and oxygen atoms in total. The van der Waals surface area contributed by atoms with Crippen LogP contribution < -0.4 is 10.9 Å². The standard InChI is InChI=1S/C10H14N2O3/c1-7(13)6-11-10(15)8-3-4-12(2)9(14)5-8/h3-5,7,13H,6H2,1-2H3,(H,11,15)/t7-/m1/s1. The lowest BCUT2D eigenvalue weighted by Gasteiger charge is -2.07. The first-order chi connectivity index (χ1) is 7.00. The van der Waals surface area contributed by atoms with Crippen LogP contribution in [0.25, 0.3) is 0 Å². The highest BCUT2D eigenvalue weighted by Gasteiger charge is 2.06. The lowest BCUT2D eigenvalue weighted by atomic mass is 10.2. The van der Waals surface area contributed by atoms with Gasteiger partial charge in [0.2, 0.25) is 0 Å². The molecule has 0 unspecified atom stereocenters. The Bertz CT molecular complexity index is 409. The van der Waals surface area contributed by atoms with Gasteiger partial charge in [-0.1, -0.05) is 0 Å². The number of carbonyl (C=O) groups is 1. The number of nitrogens with one attached hydrogen (secondary N) is 1. The molecule has 0 aliphatic heterocycles. The fourth-order valence-corrected chi connectivity index (χ4v) is 1.03. The summed E-state index contributed by atoms with van der Waals surface area (Å²) in [6.45, 7) is 1.75. The molecule has 0 saturated carbocycles. The number of amides is 1. The van der Waals surface area contributed by atoms with Crippen LogP contribution in [0.3, 0.4) is 0 Å². The first-order valence-corrected chi connectivity index (χ1v) is 4.63. The smallest absolute Gasteiger partial charge is 0.251 e. The number of aliphatic hydroxyl groups excluding tert-OH is 1. The van der Waals surface area contributed by atoms with Crippen molar-refractivity contribution in [2.24, 2.45) is 7.05 Å². The number of aryl methyl sites for hydroxylation is 1. The third-order valence-electron chi connectivity index (χ3n) is 1.92. The summed E-state index contributed by atoms with van der Waals surface area (Å²) in [4.78, 5) is 22.7. The largest absolute Gasteiger partial charge is 0.392 e. The Kier molecular flexibility index (Phi) is 3.62. The minimum atomic E-state index is -0.597. The fourth-order valence-electron chi connectivity index (χ4n) is 1.03. The van der Waals surface area contributed by atoms with Gasteiger partial charge < -0.3 is 15.0 Å². The van der Waals surface area contributed by atoms with Crippen molar-refractivity contribution in [3.05, 3.63) is 34.2 Å². The van der Waals surface area contributed by atoms with Gasteiger partial charge in [0.05, 0.1) is 6.10 Å². The second-order valence-electron chi connectivity index (χ2n) is 3.42. The summed E-state index contributed by atoms with van der Waals surface area (Å²) in [7, 11) is 1.61. The van der Waals surface area contributed by atoms with Crippen molar-refractivity contribution in [2.75, 3.05) is 6.54 Å². The Labute approximate surface area is 87.4 Å². The molecule has 2 N–H and O–H groups in total. The highest BCUT2D eigenvalue weighted by Crippen LogP contribution is 1.93. The number of aliphatic hydroxyl groups is 1. The molecule has 1 atom stereocenters. The van der Waals surface area contributed by atoms with Crippen LogP contribution in [-0.2, 0) is 7.05 Å². The molecule has 0 saturated heterocycles. The molecule has 15 heavy (non-hydrogen) atoms. The number of nitrogens with zero attached hydrogens (tertiary/aromatic N) is 1. The van der Waals surface area contributed by atoms with E-state index in [0.717, 1.165) is 0 Å². The van der Waals surface area contributed by atoms with E-state index in [1.165, 1.54) is 16.8 Å². The third-order valence-corrected chi connectivity index (χ3v) is 1.92. The fraction of sp³-hybridized carbons (Fsp3) is 0.400. The van der Waals surface area contributed by atoms with Crippen LogP contribution in [0.5, 0.6) is 0 Å². The first-order valence-electron chi connectivity index (χ1n) is 4.63. The average molecular weight is 210 g/mol. The van der Waals surface area contributed by atoms with Gasteiger partial charge in [0.15, 0.2) is 0 Å². The van der Waals surface area contributed by atoms with Crippen LogP contribution in [0.2, 0.25) is 0 Å². The topological polar surface area (TPSA) is 71.3 Å². The van der Waals surface area contributed by atoms with Gasteiger partial charge in [-0.05, 0) is 13.0 Å². The van der Waals surface area contributed by atoms with Crippen molar-refractivity contribution in [2.45, 2.75) is 13.0 Å². The van der Waals surface area contributed by atoms with Crippen LogP contribution in [0, 0.1) is 0 Å². The second-order valence-corrected chi connectivity index (χ2v) is 3.42. The summed E-state index contributed by atoms with van der Waals surface area (Å²) in [6, 6.07) is 2.82. The first kappa shape index (κ1) is 11.5. The van der Waals surface area contributed by atoms with E-state index in [-0.39, 0.29) is 18.0 Å². The Morgan fingerprint density at radius 2 is 2.33 bits per heavy atom. The zero-order valence-corrected chi connectivity index (χ0v) is 8.73. The lowest BCUT2D eigenvalue weighted by molar-refractivity contribution is 0.0923. The van der Waals surface area contributed by atoms with E-state index in [1.807, 2.05) is 0 Å². The van der Waals surface area contributed by atoms with E-state index in [4.69, 9.17) is 5.11 Å². The van der Waals surface area contributed by atoms with E-state index in [2.05, 4.69) is 5.32 Å². The molecule has 1 aromatic rings. The van der Waals surface area contributed by atoms with Crippen molar-refractivity contribution < 1.29 is 9.90 Å². The van der Waals surface area contributed by atoms with Gasteiger partial charge in [-0.15, -0.1) is 0 Å². The Hall–Kier alpha value is -1.62. The molecule has 0 aliphatic rings. The molecule has 0 bridgehead atoms. The van der Waals surface area contributed by atoms with Crippen molar-refractivity contribution >= 4 is 5.91 Å². The molecule has 1 rings (SSSR count). The molecule has 1 aromatic heterocycles. The van der Waals surface area contributed by atoms with Crippen LogP contribution >= 0.6 is 0 Å². The molecule has 5 heteroatoms. The quantitative estimate of drug-likeness (QED) is 0.706. The van der Waals surface area contributed by atoms with Gasteiger partial charge in [0, 0.05) is 31.4 Å². The molecule has 0 radical (unpaired) electrons. The van der Waals surface area contributed by atoms with Crippen molar-refractivity contribution in [1.29, 1.82) is 0 Å². The maximum absolute atomic E-state index is 11.4. The molecule has 0 aliphatic carbocycles. The van der Waals surface area contributed by atoms with E-state index < -0.39 is 6.10 Å². The molecular weight excluding hydrogens is 196 g/mol. The SMILES string of the molecule is C[C@@H](O)CNC(=O)c1ccn(C)c(=O)c1. The number of hydrogen-bond donors (Lipinski definition) is 2. The molecule has 0 fully saturated rings. The van der Waals surface area contributed by atoms with Crippen LogP contribution in [0.15, 0.2) is 23.1 Å². The summed E-state index contributed by atoms with van der Waals surface area (Å²) >= 11 is 0. The van der Waals surface area contributed by atoms with Crippen LogP contribution in [0.1, 0.15) is 17.3 Å². The van der Waals surface area contributed by atoms with Crippen molar-refractivity contribution in [1.82, 2.24) is 9.88 Å². The molecule has 0 spiro atoms. The molecule has 82 valence electrons. The van der Waals surface area contributed by atoms with Gasteiger partial charge in [0.1, 0.15) is 0 Å². The zero-order valence-electron chi connectivity index (χ0n) is 8.73. The Morgan fingerprint density at radius 3 is 2.87 bits per heavy atom. The van der Waals surface area contributed by atoms with Crippen molar-refractivity contribution in [3.8, 4) is 0 Å². The summed E-state index contributed by atoms with van der Waals surface area (Å²) in [6.07, 6.45) is 0.931. The number of rotatable bonds is 3. The van der Waals surface area contributed by atoms with E-state index >= 15 is 0 Å². The van der Waals surface area contributed by atoms with Crippen molar-refractivity contribution in [3.63, 3.8) is 0 Å². The van der Waals surface area contributed by atoms with Gasteiger partial charge in [-0.3, -0.25) is 9.59 Å². The van der Waals surface area contributed by atoms with Gasteiger partial charge in [0.25, 0.3) is 11.5 Å². The highest BCUT2D eigenvalue weighted by molar-refractivity contribution is 5.93. The third kappa shape index (κ3) is 3.21. The number of carbonyl (C=O) groups excluding carboxylic acids is 1. The Morgan fingerprint density at radius 1 is 1.67 bits per heavy atom. The summed E-state index contributed by atoms with van der Waals surface area (Å²) in [5.41, 5.74) is 0.0680. The van der Waals surface area contributed by atoms with E-state index in [0.29, 0.717) is 5.56 Å². The predicted molar refractivity (Wildman–Crippen MR) is 55.7 cm³/mol. The summed E-state index contributed by atoms with van der Waals surface area (Å²) < 4.78 is 1.38. The summed E-state index contributed by atoms with van der Waals surface area (Å²) in [5.74, 6) is -0.353. The van der Waals surface area contributed by atoms with Crippen LogP contribution in [-0.4, -0.2) is 28.2 Å². The monoisotopic (exact) mass is 210 g/mol. The molecule has 1 heterocycles.